The smallest absolute Gasteiger partial charge is 0.141 e. The van der Waals surface area contributed by atoms with Gasteiger partial charge in [0, 0.05) is 19.1 Å². The highest BCUT2D eigenvalue weighted by molar-refractivity contribution is 5.10. The Bertz CT molecular complexity index is 434. The average Bonchev–Trinajstić information content (AvgIpc) is 2.85. The SMILES string of the molecule is CC(CN1CCCC1CN(C)C)C(N)c1ccc(F)cn1. The lowest BCUT2D eigenvalue weighted by atomic mass is 9.98. The number of hydrogen-bond acceptors (Lipinski definition) is 4. The summed E-state index contributed by atoms with van der Waals surface area (Å²) < 4.78 is 12.9. The molecule has 118 valence electrons. The van der Waals surface area contributed by atoms with Gasteiger partial charge in [0.05, 0.1) is 17.9 Å². The van der Waals surface area contributed by atoms with Crippen LogP contribution in [0, 0.1) is 11.7 Å². The van der Waals surface area contributed by atoms with Crippen molar-refractivity contribution in [1.82, 2.24) is 14.8 Å². The summed E-state index contributed by atoms with van der Waals surface area (Å²) in [7, 11) is 4.24. The Morgan fingerprint density at radius 3 is 2.86 bits per heavy atom. The highest BCUT2D eigenvalue weighted by Crippen LogP contribution is 2.24. The Balaban J connectivity index is 1.93. The molecule has 0 amide bonds. The van der Waals surface area contributed by atoms with E-state index >= 15 is 0 Å². The first kappa shape index (κ1) is 16.3. The Labute approximate surface area is 127 Å². The van der Waals surface area contributed by atoms with Crippen LogP contribution in [0.15, 0.2) is 18.3 Å². The number of likely N-dealkylation sites (N-methyl/N-ethyl adjacent to an activating group) is 1. The first-order valence-corrected chi connectivity index (χ1v) is 7.73. The molecule has 1 aliphatic rings. The van der Waals surface area contributed by atoms with Gasteiger partial charge in [0.25, 0.3) is 0 Å². The van der Waals surface area contributed by atoms with Gasteiger partial charge in [-0.05, 0) is 51.5 Å². The Morgan fingerprint density at radius 2 is 2.24 bits per heavy atom. The molecule has 0 radical (unpaired) electrons. The standard InChI is InChI=1S/C16H27FN4/c1-12(16(18)15-7-6-13(17)9-19-15)10-21-8-4-5-14(21)11-20(2)3/h6-7,9,12,14,16H,4-5,8,10-11,18H2,1-3H3. The fourth-order valence-corrected chi connectivity index (χ4v) is 3.12. The Hall–Kier alpha value is -1.04. The van der Waals surface area contributed by atoms with Gasteiger partial charge >= 0.3 is 0 Å². The number of halogens is 1. The normalized spacial score (nSPS) is 22.7. The van der Waals surface area contributed by atoms with E-state index in [1.165, 1.54) is 25.1 Å². The average molecular weight is 294 g/mol. The summed E-state index contributed by atoms with van der Waals surface area (Å²) in [6.07, 6.45) is 3.76. The maximum absolute atomic E-state index is 12.9. The molecule has 0 bridgehead atoms. The number of pyridine rings is 1. The number of nitrogens with zero attached hydrogens (tertiary/aromatic N) is 3. The molecule has 4 nitrogen and oxygen atoms in total. The third kappa shape index (κ3) is 4.46. The zero-order valence-corrected chi connectivity index (χ0v) is 13.3. The van der Waals surface area contributed by atoms with Crippen LogP contribution in [0.25, 0.3) is 0 Å². The minimum Gasteiger partial charge on any atom is -0.322 e. The summed E-state index contributed by atoms with van der Waals surface area (Å²) in [4.78, 5) is 8.90. The van der Waals surface area contributed by atoms with Crippen LogP contribution in [0.4, 0.5) is 4.39 Å². The van der Waals surface area contributed by atoms with Crippen molar-refractivity contribution in [1.29, 1.82) is 0 Å². The number of rotatable bonds is 6. The van der Waals surface area contributed by atoms with Crippen molar-refractivity contribution < 1.29 is 4.39 Å². The van der Waals surface area contributed by atoms with Crippen LogP contribution in [0.1, 0.15) is 31.5 Å². The van der Waals surface area contributed by atoms with Crippen LogP contribution in [0.3, 0.4) is 0 Å². The van der Waals surface area contributed by atoms with E-state index in [4.69, 9.17) is 5.73 Å². The fraction of sp³-hybridized carbons (Fsp3) is 0.688. The summed E-state index contributed by atoms with van der Waals surface area (Å²) in [5.41, 5.74) is 7.06. The van der Waals surface area contributed by atoms with Crippen molar-refractivity contribution in [2.24, 2.45) is 11.7 Å². The molecule has 0 spiro atoms. The highest BCUT2D eigenvalue weighted by Gasteiger charge is 2.28. The van der Waals surface area contributed by atoms with E-state index in [0.29, 0.717) is 12.0 Å². The lowest BCUT2D eigenvalue weighted by Crippen LogP contribution is -2.41. The van der Waals surface area contributed by atoms with Gasteiger partial charge in [-0.1, -0.05) is 6.92 Å². The maximum Gasteiger partial charge on any atom is 0.141 e. The van der Waals surface area contributed by atoms with E-state index in [2.05, 4.69) is 35.8 Å². The van der Waals surface area contributed by atoms with Gasteiger partial charge in [0.15, 0.2) is 0 Å². The van der Waals surface area contributed by atoms with Crippen LogP contribution in [0.2, 0.25) is 0 Å². The van der Waals surface area contributed by atoms with E-state index in [1.807, 2.05) is 0 Å². The van der Waals surface area contributed by atoms with Crippen LogP contribution in [-0.4, -0.2) is 54.6 Å². The predicted octanol–water partition coefficient (Wildman–Crippen LogP) is 1.88. The van der Waals surface area contributed by atoms with E-state index in [0.717, 1.165) is 25.3 Å². The number of aromatic nitrogens is 1. The summed E-state index contributed by atoms with van der Waals surface area (Å²) >= 11 is 0. The van der Waals surface area contributed by atoms with Crippen molar-refractivity contribution in [2.45, 2.75) is 31.8 Å². The minimum atomic E-state index is -0.316. The van der Waals surface area contributed by atoms with Gasteiger partial charge in [-0.25, -0.2) is 4.39 Å². The molecule has 2 N–H and O–H groups in total. The van der Waals surface area contributed by atoms with Crippen LogP contribution in [-0.2, 0) is 0 Å². The van der Waals surface area contributed by atoms with E-state index in [9.17, 15) is 4.39 Å². The molecule has 21 heavy (non-hydrogen) atoms. The zero-order chi connectivity index (χ0) is 15.4. The van der Waals surface area contributed by atoms with Crippen molar-refractivity contribution >= 4 is 0 Å². The monoisotopic (exact) mass is 294 g/mol. The molecule has 1 saturated heterocycles. The molecule has 0 aromatic carbocycles. The first-order chi connectivity index (χ1) is 9.97. The van der Waals surface area contributed by atoms with Gasteiger partial charge in [0.1, 0.15) is 5.82 Å². The molecule has 0 aliphatic carbocycles. The summed E-state index contributed by atoms with van der Waals surface area (Å²) in [5.74, 6) is -0.0186. The molecule has 1 aliphatic heterocycles. The van der Waals surface area contributed by atoms with E-state index in [-0.39, 0.29) is 11.9 Å². The van der Waals surface area contributed by atoms with Crippen molar-refractivity contribution in [3.63, 3.8) is 0 Å². The highest BCUT2D eigenvalue weighted by atomic mass is 19.1. The number of hydrogen-bond donors (Lipinski definition) is 1. The molecule has 3 unspecified atom stereocenters. The second-order valence-corrected chi connectivity index (χ2v) is 6.46. The van der Waals surface area contributed by atoms with Crippen molar-refractivity contribution in [3.05, 3.63) is 29.8 Å². The summed E-state index contributed by atoms with van der Waals surface area (Å²) in [5, 5.41) is 0. The number of likely N-dealkylation sites (tertiary alicyclic amines) is 1. The Kier molecular flexibility index (Phi) is 5.67. The second-order valence-electron chi connectivity index (χ2n) is 6.46. The maximum atomic E-state index is 12.9. The fourth-order valence-electron chi connectivity index (χ4n) is 3.12. The minimum absolute atomic E-state index is 0.147. The van der Waals surface area contributed by atoms with Gasteiger partial charge in [-0.3, -0.25) is 9.88 Å². The van der Waals surface area contributed by atoms with Gasteiger partial charge in [0.2, 0.25) is 0 Å². The van der Waals surface area contributed by atoms with Crippen LogP contribution < -0.4 is 5.73 Å². The Morgan fingerprint density at radius 1 is 1.48 bits per heavy atom. The second kappa shape index (κ2) is 7.29. The first-order valence-electron chi connectivity index (χ1n) is 7.73. The molecule has 0 saturated carbocycles. The zero-order valence-electron chi connectivity index (χ0n) is 13.3. The summed E-state index contributed by atoms with van der Waals surface area (Å²) in [6, 6.07) is 3.60. The van der Waals surface area contributed by atoms with Crippen LogP contribution in [0.5, 0.6) is 0 Å². The molecule has 1 aromatic heterocycles. The molecule has 2 heterocycles. The lowest BCUT2D eigenvalue weighted by molar-refractivity contribution is 0.176. The third-order valence-electron chi connectivity index (χ3n) is 4.30. The largest absolute Gasteiger partial charge is 0.322 e. The van der Waals surface area contributed by atoms with E-state index in [1.54, 1.807) is 6.07 Å². The molecule has 5 heteroatoms. The van der Waals surface area contributed by atoms with E-state index < -0.39 is 0 Å². The topological polar surface area (TPSA) is 45.4 Å². The van der Waals surface area contributed by atoms with Gasteiger partial charge < -0.3 is 10.6 Å². The van der Waals surface area contributed by atoms with Gasteiger partial charge in [-0.2, -0.15) is 0 Å². The third-order valence-corrected chi connectivity index (χ3v) is 4.30. The van der Waals surface area contributed by atoms with Crippen molar-refractivity contribution in [2.75, 3.05) is 33.7 Å². The molecule has 1 aromatic rings. The molecule has 1 fully saturated rings. The quantitative estimate of drug-likeness (QED) is 0.870. The number of nitrogens with two attached hydrogens (primary N) is 1. The van der Waals surface area contributed by atoms with Crippen LogP contribution >= 0.6 is 0 Å². The molecular formula is C16H27FN4. The molecular weight excluding hydrogens is 267 g/mol. The summed E-state index contributed by atoms with van der Waals surface area (Å²) in [6.45, 7) is 5.36. The molecule has 3 atom stereocenters. The van der Waals surface area contributed by atoms with Crippen molar-refractivity contribution in [3.8, 4) is 0 Å². The molecule has 2 rings (SSSR count). The predicted molar refractivity (Wildman–Crippen MR) is 83.4 cm³/mol. The lowest BCUT2D eigenvalue weighted by Gasteiger charge is -2.31. The van der Waals surface area contributed by atoms with Gasteiger partial charge in [-0.15, -0.1) is 0 Å².